The summed E-state index contributed by atoms with van der Waals surface area (Å²) >= 11 is 12.2. The van der Waals surface area contributed by atoms with E-state index in [0.717, 1.165) is 24.4 Å². The van der Waals surface area contributed by atoms with Gasteiger partial charge in [-0.2, -0.15) is 0 Å². The van der Waals surface area contributed by atoms with E-state index in [1.165, 1.54) is 23.1 Å². The molecule has 0 N–H and O–H groups in total. The van der Waals surface area contributed by atoms with E-state index in [1.54, 1.807) is 29.2 Å². The van der Waals surface area contributed by atoms with E-state index in [0.29, 0.717) is 42.6 Å². The first-order valence-electron chi connectivity index (χ1n) is 12.4. The number of carbonyl (C=O) groups is 2. The number of aryl methyl sites for hydroxylation is 1. The Morgan fingerprint density at radius 3 is 2.34 bits per heavy atom. The van der Waals surface area contributed by atoms with E-state index in [4.69, 9.17) is 32.4 Å². The Kier molecular flexibility index (Phi) is 9.80. The van der Waals surface area contributed by atoms with Crippen LogP contribution < -0.4 is 0 Å². The van der Waals surface area contributed by atoms with Crippen molar-refractivity contribution in [2.45, 2.75) is 20.0 Å². The standard InChI is InChI=1S/C28H30Cl2FN3O4/c1-20-2-8-24(38-20)18-34(17-21-3-6-23(31)7-4-21)27(35)19-33(11-10-32-12-14-37-15-13-32)28(36)22-5-9-25(29)26(30)16-22/h2-9,16H,10-15,17-19H2,1H3. The third-order valence-electron chi connectivity index (χ3n) is 6.35. The molecule has 3 aromatic rings. The van der Waals surface area contributed by atoms with E-state index >= 15 is 0 Å². The molecule has 2 heterocycles. The van der Waals surface area contributed by atoms with Crippen molar-refractivity contribution >= 4 is 35.0 Å². The number of nitrogens with zero attached hydrogens (tertiary/aromatic N) is 3. The first kappa shape index (κ1) is 28.1. The van der Waals surface area contributed by atoms with E-state index in [1.807, 2.05) is 19.1 Å². The third-order valence-corrected chi connectivity index (χ3v) is 7.09. The number of halogens is 3. The van der Waals surface area contributed by atoms with Gasteiger partial charge in [0.1, 0.15) is 23.9 Å². The topological polar surface area (TPSA) is 66.2 Å². The molecule has 1 fully saturated rings. The average molecular weight is 562 g/mol. The van der Waals surface area contributed by atoms with Crippen LogP contribution in [0, 0.1) is 12.7 Å². The van der Waals surface area contributed by atoms with Crippen molar-refractivity contribution in [2.75, 3.05) is 45.9 Å². The Morgan fingerprint density at radius 2 is 1.68 bits per heavy atom. The number of ether oxygens (including phenoxy) is 1. The number of furan rings is 1. The van der Waals surface area contributed by atoms with Crippen LogP contribution in [0.25, 0.3) is 0 Å². The molecule has 1 saturated heterocycles. The second-order valence-electron chi connectivity index (χ2n) is 9.20. The highest BCUT2D eigenvalue weighted by molar-refractivity contribution is 6.42. The Bertz CT molecular complexity index is 1250. The summed E-state index contributed by atoms with van der Waals surface area (Å²) in [5, 5.41) is 0.612. The normalized spacial score (nSPS) is 13.9. The molecule has 0 unspecified atom stereocenters. The van der Waals surface area contributed by atoms with E-state index in [-0.39, 0.29) is 42.3 Å². The summed E-state index contributed by atoms with van der Waals surface area (Å²) < 4.78 is 24.6. The fraction of sp³-hybridized carbons (Fsp3) is 0.357. The number of hydrogen-bond donors (Lipinski definition) is 0. The fourth-order valence-corrected chi connectivity index (χ4v) is 4.51. The first-order valence-corrected chi connectivity index (χ1v) is 13.2. The minimum absolute atomic E-state index is 0.149. The second kappa shape index (κ2) is 13.2. The largest absolute Gasteiger partial charge is 0.464 e. The third kappa shape index (κ3) is 7.80. The molecule has 10 heteroatoms. The summed E-state index contributed by atoms with van der Waals surface area (Å²) in [6, 6.07) is 14.3. The molecule has 0 atom stereocenters. The molecule has 0 bridgehead atoms. The summed E-state index contributed by atoms with van der Waals surface area (Å²) in [4.78, 5) is 32.6. The maximum Gasteiger partial charge on any atom is 0.254 e. The fourth-order valence-electron chi connectivity index (χ4n) is 4.21. The number of morpholine rings is 1. The molecule has 2 aromatic carbocycles. The van der Waals surface area contributed by atoms with Gasteiger partial charge in [0.15, 0.2) is 0 Å². The summed E-state index contributed by atoms with van der Waals surface area (Å²) in [5.41, 5.74) is 1.11. The van der Waals surface area contributed by atoms with Crippen molar-refractivity contribution < 1.29 is 23.1 Å². The van der Waals surface area contributed by atoms with Crippen LogP contribution in [-0.4, -0.2) is 72.5 Å². The van der Waals surface area contributed by atoms with E-state index in [2.05, 4.69) is 4.90 Å². The van der Waals surface area contributed by atoms with E-state index < -0.39 is 0 Å². The van der Waals surface area contributed by atoms with Crippen molar-refractivity contribution in [3.05, 3.63) is 93.1 Å². The molecule has 1 aliphatic rings. The molecule has 0 saturated carbocycles. The highest BCUT2D eigenvalue weighted by Crippen LogP contribution is 2.23. The Hall–Kier alpha value is -2.91. The van der Waals surface area contributed by atoms with Crippen molar-refractivity contribution in [1.82, 2.24) is 14.7 Å². The monoisotopic (exact) mass is 561 g/mol. The second-order valence-corrected chi connectivity index (χ2v) is 10.0. The van der Waals surface area contributed by atoms with Gasteiger partial charge in [-0.15, -0.1) is 0 Å². The lowest BCUT2D eigenvalue weighted by atomic mass is 10.1. The summed E-state index contributed by atoms with van der Waals surface area (Å²) in [6.45, 7) is 5.85. The number of amides is 2. The van der Waals surface area contributed by atoms with E-state index in [9.17, 15) is 14.0 Å². The predicted molar refractivity (Wildman–Crippen MR) is 144 cm³/mol. The first-order chi connectivity index (χ1) is 18.3. The van der Waals surface area contributed by atoms with Gasteiger partial charge in [-0.25, -0.2) is 4.39 Å². The Balaban J connectivity index is 1.55. The molecule has 0 radical (unpaired) electrons. The highest BCUT2D eigenvalue weighted by atomic mass is 35.5. The van der Waals surface area contributed by atoms with Gasteiger partial charge in [-0.1, -0.05) is 35.3 Å². The summed E-state index contributed by atoms with van der Waals surface area (Å²) in [5.74, 6) is 0.416. The van der Waals surface area contributed by atoms with Gasteiger partial charge in [0.05, 0.1) is 29.8 Å². The molecular formula is C28H30Cl2FN3O4. The lowest BCUT2D eigenvalue weighted by molar-refractivity contribution is -0.133. The SMILES string of the molecule is Cc1ccc(CN(Cc2ccc(F)cc2)C(=O)CN(CCN2CCOCC2)C(=O)c2ccc(Cl)c(Cl)c2)o1. The number of rotatable bonds is 10. The van der Waals surface area contributed by atoms with Gasteiger partial charge >= 0.3 is 0 Å². The molecule has 2 amide bonds. The van der Waals surface area contributed by atoms with Gasteiger partial charge in [0.25, 0.3) is 5.91 Å². The lowest BCUT2D eigenvalue weighted by Gasteiger charge is -2.31. The average Bonchev–Trinajstić information content (AvgIpc) is 3.33. The van der Waals surface area contributed by atoms with Crippen LogP contribution in [0.4, 0.5) is 4.39 Å². The Morgan fingerprint density at radius 1 is 0.947 bits per heavy atom. The van der Waals surface area contributed by atoms with Gasteiger partial charge in [-0.05, 0) is 55.0 Å². The molecule has 0 aliphatic carbocycles. The molecule has 0 spiro atoms. The quantitative estimate of drug-likeness (QED) is 0.347. The van der Waals surface area contributed by atoms with Gasteiger partial charge in [0, 0.05) is 38.3 Å². The zero-order valence-electron chi connectivity index (χ0n) is 21.2. The van der Waals surface area contributed by atoms with Crippen LogP contribution >= 0.6 is 23.2 Å². The van der Waals surface area contributed by atoms with Crippen LogP contribution in [0.15, 0.2) is 59.0 Å². The van der Waals surface area contributed by atoms with Crippen molar-refractivity contribution in [1.29, 1.82) is 0 Å². The summed E-state index contributed by atoms with van der Waals surface area (Å²) in [6.07, 6.45) is 0. The minimum atomic E-state index is -0.352. The highest BCUT2D eigenvalue weighted by Gasteiger charge is 2.25. The zero-order chi connectivity index (χ0) is 27.1. The predicted octanol–water partition coefficient (Wildman–Crippen LogP) is 5.04. The van der Waals surface area contributed by atoms with Crippen LogP contribution in [-0.2, 0) is 22.6 Å². The maximum absolute atomic E-state index is 13.7. The van der Waals surface area contributed by atoms with Crippen molar-refractivity contribution in [3.63, 3.8) is 0 Å². The van der Waals surface area contributed by atoms with Crippen LogP contribution in [0.3, 0.4) is 0 Å². The number of hydrogen-bond acceptors (Lipinski definition) is 5. The lowest BCUT2D eigenvalue weighted by Crippen LogP contribution is -2.47. The molecule has 7 nitrogen and oxygen atoms in total. The number of carbonyl (C=O) groups excluding carboxylic acids is 2. The zero-order valence-corrected chi connectivity index (χ0v) is 22.7. The molecule has 1 aromatic heterocycles. The Labute approximate surface area is 231 Å². The minimum Gasteiger partial charge on any atom is -0.464 e. The molecule has 38 heavy (non-hydrogen) atoms. The van der Waals surface area contributed by atoms with Crippen molar-refractivity contribution in [3.8, 4) is 0 Å². The molecule has 4 rings (SSSR count). The molecular weight excluding hydrogens is 532 g/mol. The van der Waals surface area contributed by atoms with Gasteiger partial charge < -0.3 is 19.0 Å². The number of benzene rings is 2. The smallest absolute Gasteiger partial charge is 0.254 e. The summed E-state index contributed by atoms with van der Waals surface area (Å²) in [7, 11) is 0. The van der Waals surface area contributed by atoms with Gasteiger partial charge in [-0.3, -0.25) is 14.5 Å². The maximum atomic E-state index is 13.7. The van der Waals surface area contributed by atoms with Crippen LogP contribution in [0.1, 0.15) is 27.4 Å². The van der Waals surface area contributed by atoms with Crippen LogP contribution in [0.2, 0.25) is 10.0 Å². The van der Waals surface area contributed by atoms with Crippen LogP contribution in [0.5, 0.6) is 0 Å². The molecule has 202 valence electrons. The van der Waals surface area contributed by atoms with Crippen molar-refractivity contribution in [2.24, 2.45) is 0 Å². The van der Waals surface area contributed by atoms with Gasteiger partial charge in [0.2, 0.25) is 5.91 Å². The molecule has 1 aliphatic heterocycles.